The maximum atomic E-state index is 8.68. The second-order valence-corrected chi connectivity index (χ2v) is 2.56. The molecule has 60 valence electrons. The van der Waals surface area contributed by atoms with Gasteiger partial charge in [0, 0.05) is 7.11 Å². The highest BCUT2D eigenvalue weighted by Crippen LogP contribution is 2.00. The Kier molecular flexibility index (Phi) is 5.26. The average Bonchev–Trinajstić information content (AvgIpc) is 1.90. The monoisotopic (exact) mass is 144 g/mol. The highest BCUT2D eigenvalue weighted by atomic mass is 16.5. The predicted molar refractivity (Wildman–Crippen MR) is 41.9 cm³/mol. The first kappa shape index (κ1) is 9.66. The van der Waals surface area contributed by atoms with E-state index in [1.807, 2.05) is 13.8 Å². The summed E-state index contributed by atoms with van der Waals surface area (Å²) in [5.74, 6) is 0. The van der Waals surface area contributed by atoms with Crippen LogP contribution in [0.1, 0.15) is 20.3 Å². The summed E-state index contributed by atoms with van der Waals surface area (Å²) in [4.78, 5) is 0. The second kappa shape index (κ2) is 5.45. The normalized spacial score (nSPS) is 12.8. The molecule has 1 atom stereocenters. The zero-order valence-electron chi connectivity index (χ0n) is 6.92. The maximum absolute atomic E-state index is 8.68. The molecule has 0 aliphatic heterocycles. The van der Waals surface area contributed by atoms with Crippen LogP contribution in [0.5, 0.6) is 0 Å². The summed E-state index contributed by atoms with van der Waals surface area (Å²) >= 11 is 0. The van der Waals surface area contributed by atoms with Crippen LogP contribution in [0.2, 0.25) is 0 Å². The van der Waals surface area contributed by atoms with Crippen molar-refractivity contribution in [2.75, 3.05) is 13.7 Å². The van der Waals surface area contributed by atoms with Crippen molar-refractivity contribution in [2.24, 2.45) is 0 Å². The molecule has 0 unspecified atom stereocenters. The fourth-order valence-electron chi connectivity index (χ4n) is 0.612. The van der Waals surface area contributed by atoms with Gasteiger partial charge in [-0.3, -0.25) is 0 Å². The van der Waals surface area contributed by atoms with E-state index < -0.39 is 0 Å². The minimum Gasteiger partial charge on any atom is -0.394 e. The van der Waals surface area contributed by atoms with Crippen LogP contribution in [0.15, 0.2) is 11.6 Å². The lowest BCUT2D eigenvalue weighted by Gasteiger charge is -2.08. The van der Waals surface area contributed by atoms with Crippen molar-refractivity contribution in [1.82, 2.24) is 0 Å². The van der Waals surface area contributed by atoms with E-state index in [-0.39, 0.29) is 12.7 Å². The zero-order valence-corrected chi connectivity index (χ0v) is 6.92. The molecule has 0 aromatic carbocycles. The second-order valence-electron chi connectivity index (χ2n) is 2.56. The van der Waals surface area contributed by atoms with Crippen molar-refractivity contribution >= 4 is 0 Å². The van der Waals surface area contributed by atoms with Crippen molar-refractivity contribution in [3.63, 3.8) is 0 Å². The van der Waals surface area contributed by atoms with Crippen molar-refractivity contribution in [1.29, 1.82) is 0 Å². The van der Waals surface area contributed by atoms with Crippen LogP contribution < -0.4 is 0 Å². The summed E-state index contributed by atoms with van der Waals surface area (Å²) in [7, 11) is 1.61. The molecule has 2 heteroatoms. The summed E-state index contributed by atoms with van der Waals surface area (Å²) in [6.45, 7) is 4.16. The Morgan fingerprint density at radius 2 is 2.20 bits per heavy atom. The minimum atomic E-state index is -0.0325. The highest BCUT2D eigenvalue weighted by Gasteiger charge is 2.00. The number of hydrogen-bond acceptors (Lipinski definition) is 2. The van der Waals surface area contributed by atoms with E-state index >= 15 is 0 Å². The fourth-order valence-corrected chi connectivity index (χ4v) is 0.612. The standard InChI is InChI=1S/C8H16O2/c1-7(2)4-5-8(6-9)10-3/h4,8-9H,5-6H2,1-3H3/t8-/m0/s1. The third kappa shape index (κ3) is 4.53. The smallest absolute Gasteiger partial charge is 0.0836 e. The third-order valence-corrected chi connectivity index (χ3v) is 1.33. The van der Waals surface area contributed by atoms with Gasteiger partial charge in [-0.25, -0.2) is 0 Å². The van der Waals surface area contributed by atoms with Crippen molar-refractivity contribution in [3.8, 4) is 0 Å². The maximum Gasteiger partial charge on any atom is 0.0836 e. The first-order valence-corrected chi connectivity index (χ1v) is 3.47. The van der Waals surface area contributed by atoms with E-state index in [4.69, 9.17) is 9.84 Å². The van der Waals surface area contributed by atoms with Crippen LogP contribution in [0.3, 0.4) is 0 Å². The summed E-state index contributed by atoms with van der Waals surface area (Å²) in [6.07, 6.45) is 2.83. The summed E-state index contributed by atoms with van der Waals surface area (Å²) in [6, 6.07) is 0. The van der Waals surface area contributed by atoms with E-state index in [0.717, 1.165) is 6.42 Å². The molecule has 0 saturated heterocycles. The van der Waals surface area contributed by atoms with E-state index in [0.29, 0.717) is 0 Å². The van der Waals surface area contributed by atoms with E-state index in [1.165, 1.54) is 5.57 Å². The van der Waals surface area contributed by atoms with Crippen LogP contribution in [-0.4, -0.2) is 24.9 Å². The molecule has 0 spiro atoms. The third-order valence-electron chi connectivity index (χ3n) is 1.33. The highest BCUT2D eigenvalue weighted by molar-refractivity contribution is 4.94. The van der Waals surface area contributed by atoms with E-state index in [2.05, 4.69) is 6.08 Å². The van der Waals surface area contributed by atoms with Gasteiger partial charge in [0.05, 0.1) is 12.7 Å². The van der Waals surface area contributed by atoms with E-state index in [9.17, 15) is 0 Å². The number of allylic oxidation sites excluding steroid dienone is 1. The van der Waals surface area contributed by atoms with Gasteiger partial charge in [0.15, 0.2) is 0 Å². The molecule has 0 radical (unpaired) electrons. The van der Waals surface area contributed by atoms with Gasteiger partial charge < -0.3 is 9.84 Å². The number of methoxy groups -OCH3 is 1. The van der Waals surface area contributed by atoms with Crippen molar-refractivity contribution < 1.29 is 9.84 Å². The van der Waals surface area contributed by atoms with Gasteiger partial charge >= 0.3 is 0 Å². The Labute approximate surface area is 62.5 Å². The molecule has 0 aromatic heterocycles. The van der Waals surface area contributed by atoms with E-state index in [1.54, 1.807) is 7.11 Å². The Hall–Kier alpha value is -0.340. The number of rotatable bonds is 4. The topological polar surface area (TPSA) is 29.5 Å². The molecule has 10 heavy (non-hydrogen) atoms. The lowest BCUT2D eigenvalue weighted by molar-refractivity contribution is 0.0512. The molecule has 2 nitrogen and oxygen atoms in total. The Morgan fingerprint density at radius 1 is 1.60 bits per heavy atom. The molecule has 0 bridgehead atoms. The Balaban J connectivity index is 3.54. The Bertz CT molecular complexity index is 99.8. The quantitative estimate of drug-likeness (QED) is 0.603. The van der Waals surface area contributed by atoms with Gasteiger partial charge in [-0.05, 0) is 20.3 Å². The SMILES string of the molecule is CO[C@H](CO)CC=C(C)C. The molecule has 0 fully saturated rings. The van der Waals surface area contributed by atoms with Crippen LogP contribution in [0, 0.1) is 0 Å². The summed E-state index contributed by atoms with van der Waals surface area (Å²) in [5, 5.41) is 8.68. The molecule has 0 saturated carbocycles. The van der Waals surface area contributed by atoms with Gasteiger partial charge in [0.2, 0.25) is 0 Å². The first-order chi connectivity index (χ1) is 4.70. The largest absolute Gasteiger partial charge is 0.394 e. The lowest BCUT2D eigenvalue weighted by atomic mass is 10.2. The molecule has 0 aliphatic carbocycles. The van der Waals surface area contributed by atoms with Crippen LogP contribution in [0.4, 0.5) is 0 Å². The Morgan fingerprint density at radius 3 is 2.50 bits per heavy atom. The van der Waals surface area contributed by atoms with Crippen LogP contribution in [-0.2, 0) is 4.74 Å². The molecule has 0 aliphatic rings. The van der Waals surface area contributed by atoms with Crippen LogP contribution >= 0.6 is 0 Å². The molecule has 0 aromatic rings. The van der Waals surface area contributed by atoms with Crippen molar-refractivity contribution in [3.05, 3.63) is 11.6 Å². The molecule has 0 amide bonds. The number of ether oxygens (including phenoxy) is 1. The lowest BCUT2D eigenvalue weighted by Crippen LogP contribution is -2.13. The number of aliphatic hydroxyl groups excluding tert-OH is 1. The molecule has 0 heterocycles. The first-order valence-electron chi connectivity index (χ1n) is 3.47. The zero-order chi connectivity index (χ0) is 7.98. The van der Waals surface area contributed by atoms with Crippen LogP contribution in [0.25, 0.3) is 0 Å². The molecular weight excluding hydrogens is 128 g/mol. The molecule has 0 rings (SSSR count). The molecule has 1 N–H and O–H groups in total. The van der Waals surface area contributed by atoms with Gasteiger partial charge in [-0.2, -0.15) is 0 Å². The van der Waals surface area contributed by atoms with Gasteiger partial charge in [0.1, 0.15) is 0 Å². The average molecular weight is 144 g/mol. The number of aliphatic hydroxyl groups is 1. The minimum absolute atomic E-state index is 0.0325. The summed E-state index contributed by atoms with van der Waals surface area (Å²) in [5.41, 5.74) is 1.26. The number of hydrogen-bond donors (Lipinski definition) is 1. The fraction of sp³-hybridized carbons (Fsp3) is 0.750. The van der Waals surface area contributed by atoms with Gasteiger partial charge in [-0.15, -0.1) is 0 Å². The summed E-state index contributed by atoms with van der Waals surface area (Å²) < 4.78 is 4.96. The molecular formula is C8H16O2. The van der Waals surface area contributed by atoms with Crippen molar-refractivity contribution in [2.45, 2.75) is 26.4 Å². The predicted octanol–water partition coefficient (Wildman–Crippen LogP) is 1.35. The van der Waals surface area contributed by atoms with Gasteiger partial charge in [0.25, 0.3) is 0 Å². The van der Waals surface area contributed by atoms with Gasteiger partial charge in [-0.1, -0.05) is 11.6 Å².